The van der Waals surface area contributed by atoms with Gasteiger partial charge in [-0.25, -0.2) is 0 Å². The molecule has 2 fully saturated rings. The largest absolute Gasteiger partial charge is 0.360 e. The van der Waals surface area contributed by atoms with Crippen LogP contribution in [0.25, 0.3) is 0 Å². The van der Waals surface area contributed by atoms with E-state index >= 15 is 0 Å². The Kier molecular flexibility index (Phi) is 3.41. The van der Waals surface area contributed by atoms with Crippen molar-refractivity contribution in [3.63, 3.8) is 0 Å². The summed E-state index contributed by atoms with van der Waals surface area (Å²) in [6.07, 6.45) is 7.99. The summed E-state index contributed by atoms with van der Waals surface area (Å²) in [5.41, 5.74) is 1.75. The Hall–Kier alpha value is -2.17. The smallest absolute Gasteiger partial charge is 0.276 e. The third-order valence-corrected chi connectivity index (χ3v) is 4.57. The zero-order valence-electron chi connectivity index (χ0n) is 12.4. The van der Waals surface area contributed by atoms with Crippen molar-refractivity contribution < 1.29 is 9.32 Å². The van der Waals surface area contributed by atoms with Crippen molar-refractivity contribution in [2.24, 2.45) is 5.92 Å². The highest BCUT2D eigenvalue weighted by molar-refractivity contribution is 5.92. The second-order valence-electron chi connectivity index (χ2n) is 6.35. The summed E-state index contributed by atoms with van der Waals surface area (Å²) in [4.78, 5) is 18.4. The first kappa shape index (κ1) is 13.5. The number of hydrogen-bond acceptors (Lipinski definition) is 4. The summed E-state index contributed by atoms with van der Waals surface area (Å²) in [5.74, 6) is 1.89. The minimum Gasteiger partial charge on any atom is -0.360 e. The molecule has 5 nitrogen and oxygen atoms in total. The lowest BCUT2D eigenvalue weighted by molar-refractivity contribution is 0.0776. The highest BCUT2D eigenvalue weighted by Gasteiger charge is 2.32. The van der Waals surface area contributed by atoms with Gasteiger partial charge in [0, 0.05) is 37.5 Å². The van der Waals surface area contributed by atoms with Crippen LogP contribution in [0.5, 0.6) is 0 Å². The van der Waals surface area contributed by atoms with Gasteiger partial charge in [-0.1, -0.05) is 5.16 Å². The van der Waals surface area contributed by atoms with Crippen molar-refractivity contribution >= 4 is 5.91 Å². The molecule has 1 saturated heterocycles. The molecule has 4 rings (SSSR count). The van der Waals surface area contributed by atoms with Crippen LogP contribution in [0.3, 0.4) is 0 Å². The van der Waals surface area contributed by atoms with Crippen molar-refractivity contribution in [1.82, 2.24) is 15.0 Å². The number of likely N-dealkylation sites (tertiary alicyclic amines) is 1. The maximum Gasteiger partial charge on any atom is 0.276 e. The standard InChI is InChI=1S/C17H19N3O2/c21-17(15-10-16(22-19-15)14-1-2-14)20-8-5-13(11-20)9-12-3-6-18-7-4-12/h3-4,6-7,10,13-14H,1-2,5,8-9,11H2/t13-/m1/s1. The summed E-state index contributed by atoms with van der Waals surface area (Å²) in [7, 11) is 0. The second-order valence-corrected chi connectivity index (χ2v) is 6.35. The van der Waals surface area contributed by atoms with E-state index in [2.05, 4.69) is 10.1 Å². The van der Waals surface area contributed by atoms with Gasteiger partial charge in [-0.15, -0.1) is 0 Å². The minimum atomic E-state index is 0.00729. The molecule has 22 heavy (non-hydrogen) atoms. The van der Waals surface area contributed by atoms with Crippen molar-refractivity contribution in [3.8, 4) is 0 Å². The fourth-order valence-corrected chi connectivity index (χ4v) is 3.15. The van der Waals surface area contributed by atoms with Crippen molar-refractivity contribution in [1.29, 1.82) is 0 Å². The molecule has 0 N–H and O–H groups in total. The second kappa shape index (κ2) is 5.55. The minimum absolute atomic E-state index is 0.00729. The summed E-state index contributed by atoms with van der Waals surface area (Å²) in [6, 6.07) is 5.92. The fraction of sp³-hybridized carbons (Fsp3) is 0.471. The van der Waals surface area contributed by atoms with Crippen molar-refractivity contribution in [3.05, 3.63) is 47.6 Å². The van der Waals surface area contributed by atoms with Crippen LogP contribution >= 0.6 is 0 Å². The van der Waals surface area contributed by atoms with E-state index in [0.717, 1.165) is 44.5 Å². The van der Waals surface area contributed by atoms with Crippen molar-refractivity contribution in [2.45, 2.75) is 31.6 Å². The molecule has 0 radical (unpaired) electrons. The molecule has 0 aromatic carbocycles. The predicted molar refractivity (Wildman–Crippen MR) is 80.4 cm³/mol. The zero-order chi connectivity index (χ0) is 14.9. The molecule has 114 valence electrons. The summed E-state index contributed by atoms with van der Waals surface area (Å²) >= 11 is 0. The lowest BCUT2D eigenvalue weighted by Crippen LogP contribution is -2.29. The molecule has 1 atom stereocenters. The van der Waals surface area contributed by atoms with Gasteiger partial charge < -0.3 is 9.42 Å². The normalized spacial score (nSPS) is 21.3. The van der Waals surface area contributed by atoms with Gasteiger partial charge in [0.1, 0.15) is 5.76 Å². The van der Waals surface area contributed by atoms with Crippen LogP contribution in [-0.2, 0) is 6.42 Å². The summed E-state index contributed by atoms with van der Waals surface area (Å²) < 4.78 is 5.29. The average molecular weight is 297 g/mol. The number of carbonyl (C=O) groups excluding carboxylic acids is 1. The van der Waals surface area contributed by atoms with Gasteiger partial charge in [-0.2, -0.15) is 0 Å². The maximum atomic E-state index is 12.5. The van der Waals surface area contributed by atoms with Crippen LogP contribution in [0.1, 0.15) is 47.0 Å². The molecular formula is C17H19N3O2. The molecule has 2 aromatic heterocycles. The Morgan fingerprint density at radius 3 is 2.86 bits per heavy atom. The Morgan fingerprint density at radius 1 is 1.27 bits per heavy atom. The van der Waals surface area contributed by atoms with E-state index in [4.69, 9.17) is 4.52 Å². The fourth-order valence-electron chi connectivity index (χ4n) is 3.15. The average Bonchev–Trinajstić information content (AvgIpc) is 3.10. The predicted octanol–water partition coefficient (Wildman–Crippen LogP) is 2.65. The molecule has 0 unspecified atom stereocenters. The Labute approximate surface area is 129 Å². The maximum absolute atomic E-state index is 12.5. The molecule has 2 aromatic rings. The van der Waals surface area contributed by atoms with E-state index in [1.54, 1.807) is 0 Å². The number of amides is 1. The number of aromatic nitrogens is 2. The van der Waals surface area contributed by atoms with Gasteiger partial charge in [0.05, 0.1) is 0 Å². The van der Waals surface area contributed by atoms with Crippen molar-refractivity contribution in [2.75, 3.05) is 13.1 Å². The molecule has 3 heterocycles. The van der Waals surface area contributed by atoms with E-state index in [1.807, 2.05) is 35.5 Å². The van der Waals surface area contributed by atoms with Crippen LogP contribution in [0.2, 0.25) is 0 Å². The third kappa shape index (κ3) is 2.75. The Balaban J connectivity index is 1.38. The third-order valence-electron chi connectivity index (χ3n) is 4.57. The first-order valence-corrected chi connectivity index (χ1v) is 7.94. The number of rotatable bonds is 4. The zero-order valence-corrected chi connectivity index (χ0v) is 12.4. The first-order chi connectivity index (χ1) is 10.8. The number of nitrogens with zero attached hydrogens (tertiary/aromatic N) is 3. The Morgan fingerprint density at radius 2 is 2.09 bits per heavy atom. The molecule has 1 saturated carbocycles. The topological polar surface area (TPSA) is 59.2 Å². The van der Waals surface area contributed by atoms with E-state index < -0.39 is 0 Å². The van der Waals surface area contributed by atoms with Crippen LogP contribution < -0.4 is 0 Å². The first-order valence-electron chi connectivity index (χ1n) is 7.94. The molecule has 2 aliphatic rings. The van der Waals surface area contributed by atoms with Crippen LogP contribution in [-0.4, -0.2) is 34.0 Å². The number of hydrogen-bond donors (Lipinski definition) is 0. The summed E-state index contributed by atoms with van der Waals surface area (Å²) in [5, 5.41) is 3.96. The van der Waals surface area contributed by atoms with Crippen LogP contribution in [0.4, 0.5) is 0 Å². The van der Waals surface area contributed by atoms with E-state index in [1.165, 1.54) is 5.56 Å². The molecule has 1 aliphatic heterocycles. The monoisotopic (exact) mass is 297 g/mol. The quantitative estimate of drug-likeness (QED) is 0.870. The Bertz CT molecular complexity index is 664. The van der Waals surface area contributed by atoms with Gasteiger partial charge in [-0.05, 0) is 49.3 Å². The number of carbonyl (C=O) groups is 1. The lowest BCUT2D eigenvalue weighted by Gasteiger charge is -2.14. The van der Waals surface area contributed by atoms with E-state index in [0.29, 0.717) is 17.5 Å². The van der Waals surface area contributed by atoms with Crippen LogP contribution in [0, 0.1) is 5.92 Å². The van der Waals surface area contributed by atoms with Gasteiger partial charge in [0.15, 0.2) is 5.69 Å². The molecule has 1 amide bonds. The van der Waals surface area contributed by atoms with Gasteiger partial charge >= 0.3 is 0 Å². The van der Waals surface area contributed by atoms with E-state index in [9.17, 15) is 4.79 Å². The molecule has 0 bridgehead atoms. The molecule has 5 heteroatoms. The van der Waals surface area contributed by atoms with Crippen LogP contribution in [0.15, 0.2) is 35.1 Å². The molecular weight excluding hydrogens is 278 g/mol. The highest BCUT2D eigenvalue weighted by Crippen LogP contribution is 2.40. The van der Waals surface area contributed by atoms with Gasteiger partial charge in [-0.3, -0.25) is 9.78 Å². The SMILES string of the molecule is O=C(c1cc(C2CC2)on1)N1CC[C@H](Cc2ccncc2)C1. The molecule has 1 aliphatic carbocycles. The molecule has 0 spiro atoms. The van der Waals surface area contributed by atoms with E-state index in [-0.39, 0.29) is 5.91 Å². The highest BCUT2D eigenvalue weighted by atomic mass is 16.5. The lowest BCUT2D eigenvalue weighted by atomic mass is 10.00. The van der Waals surface area contributed by atoms with Gasteiger partial charge in [0.25, 0.3) is 5.91 Å². The number of pyridine rings is 1. The summed E-state index contributed by atoms with van der Waals surface area (Å²) in [6.45, 7) is 1.60. The van der Waals surface area contributed by atoms with Gasteiger partial charge in [0.2, 0.25) is 0 Å².